The molecule has 14 heavy (non-hydrogen) atoms. The fraction of sp³-hybridized carbons (Fsp3) is 0.300. The summed E-state index contributed by atoms with van der Waals surface area (Å²) in [6.07, 6.45) is 0.582. The highest BCUT2D eigenvalue weighted by Gasteiger charge is 2.26. The smallest absolute Gasteiger partial charge is 0.222 e. The highest BCUT2D eigenvalue weighted by atomic mass is 79.9. The number of hydrogen-bond acceptors (Lipinski definition) is 2. The van der Waals surface area contributed by atoms with E-state index in [-0.39, 0.29) is 11.9 Å². The summed E-state index contributed by atoms with van der Waals surface area (Å²) in [4.78, 5) is 10.7. The molecule has 1 amide bonds. The molecule has 2 rings (SSSR count). The van der Waals surface area contributed by atoms with Crippen LogP contribution in [-0.2, 0) is 4.79 Å². The number of hydrogen-bond donors (Lipinski definition) is 1. The first kappa shape index (κ1) is 9.52. The summed E-state index contributed by atoms with van der Waals surface area (Å²) in [5.74, 6) is 0.918. The van der Waals surface area contributed by atoms with Gasteiger partial charge in [0.15, 0.2) is 0 Å². The molecule has 4 heteroatoms. The molecule has 0 saturated carbocycles. The Kier molecular flexibility index (Phi) is 2.46. The minimum Gasteiger partial charge on any atom is -0.496 e. The molecule has 0 aliphatic carbocycles. The van der Waals surface area contributed by atoms with Gasteiger partial charge >= 0.3 is 0 Å². The Balaban J connectivity index is 2.20. The van der Waals surface area contributed by atoms with E-state index in [1.165, 1.54) is 0 Å². The number of carbonyl (C=O) groups is 1. The van der Waals surface area contributed by atoms with E-state index in [1.807, 2.05) is 18.2 Å². The summed E-state index contributed by atoms with van der Waals surface area (Å²) in [6.45, 7) is 0. The first-order valence-corrected chi connectivity index (χ1v) is 5.13. The molecule has 1 atom stereocenters. The number of benzene rings is 1. The Hall–Kier alpha value is -1.03. The van der Waals surface area contributed by atoms with Crippen molar-refractivity contribution in [2.45, 2.75) is 12.5 Å². The van der Waals surface area contributed by atoms with Crippen LogP contribution in [0.15, 0.2) is 22.7 Å². The third-order valence-electron chi connectivity index (χ3n) is 2.30. The second-order valence-corrected chi connectivity index (χ2v) is 4.07. The second kappa shape index (κ2) is 3.61. The van der Waals surface area contributed by atoms with E-state index in [9.17, 15) is 4.79 Å². The van der Waals surface area contributed by atoms with Gasteiger partial charge in [-0.05, 0) is 33.6 Å². The van der Waals surface area contributed by atoms with Gasteiger partial charge in [0.1, 0.15) is 5.75 Å². The van der Waals surface area contributed by atoms with Gasteiger partial charge < -0.3 is 10.1 Å². The normalized spacial score (nSPS) is 19.9. The average molecular weight is 256 g/mol. The van der Waals surface area contributed by atoms with Gasteiger partial charge in [-0.25, -0.2) is 0 Å². The van der Waals surface area contributed by atoms with Crippen LogP contribution in [0.1, 0.15) is 18.0 Å². The van der Waals surface area contributed by atoms with Crippen LogP contribution in [0, 0.1) is 0 Å². The minimum absolute atomic E-state index is 0.113. The van der Waals surface area contributed by atoms with Gasteiger partial charge in [-0.2, -0.15) is 0 Å². The predicted molar refractivity (Wildman–Crippen MR) is 56.2 cm³/mol. The molecular weight excluding hydrogens is 246 g/mol. The van der Waals surface area contributed by atoms with Crippen LogP contribution in [0.3, 0.4) is 0 Å². The molecule has 0 aromatic heterocycles. The van der Waals surface area contributed by atoms with E-state index in [2.05, 4.69) is 21.2 Å². The molecule has 1 aromatic carbocycles. The number of halogens is 1. The molecular formula is C10H10BrNO2. The second-order valence-electron chi connectivity index (χ2n) is 3.22. The van der Waals surface area contributed by atoms with E-state index in [0.29, 0.717) is 6.42 Å². The van der Waals surface area contributed by atoms with Crippen molar-refractivity contribution in [2.75, 3.05) is 7.11 Å². The van der Waals surface area contributed by atoms with E-state index in [0.717, 1.165) is 15.8 Å². The van der Waals surface area contributed by atoms with Crippen molar-refractivity contribution in [1.82, 2.24) is 5.32 Å². The van der Waals surface area contributed by atoms with Gasteiger partial charge in [0.2, 0.25) is 5.91 Å². The molecule has 1 aromatic rings. The first-order chi connectivity index (χ1) is 6.70. The number of carbonyl (C=O) groups excluding carboxylic acids is 1. The first-order valence-electron chi connectivity index (χ1n) is 4.33. The summed E-state index contributed by atoms with van der Waals surface area (Å²) < 4.78 is 6.03. The summed E-state index contributed by atoms with van der Waals surface area (Å²) in [5.41, 5.74) is 1.11. The predicted octanol–water partition coefficient (Wildman–Crippen LogP) is 2.02. The van der Waals surface area contributed by atoms with Gasteiger partial charge in [0, 0.05) is 0 Å². The van der Waals surface area contributed by atoms with Crippen LogP contribution in [0.4, 0.5) is 0 Å². The van der Waals surface area contributed by atoms with Crippen molar-refractivity contribution in [2.24, 2.45) is 0 Å². The molecule has 0 bridgehead atoms. The third-order valence-corrected chi connectivity index (χ3v) is 2.92. The van der Waals surface area contributed by atoms with E-state index in [4.69, 9.17) is 4.74 Å². The highest BCUT2D eigenvalue weighted by molar-refractivity contribution is 9.10. The topological polar surface area (TPSA) is 38.3 Å². The van der Waals surface area contributed by atoms with Crippen LogP contribution >= 0.6 is 15.9 Å². The number of amides is 1. The average Bonchev–Trinajstić information content (AvgIpc) is 2.13. The zero-order chi connectivity index (χ0) is 10.1. The molecule has 1 heterocycles. The van der Waals surface area contributed by atoms with Crippen LogP contribution < -0.4 is 10.1 Å². The molecule has 1 saturated heterocycles. The molecule has 1 N–H and O–H groups in total. The van der Waals surface area contributed by atoms with Crippen molar-refractivity contribution in [1.29, 1.82) is 0 Å². The van der Waals surface area contributed by atoms with Crippen LogP contribution in [-0.4, -0.2) is 13.0 Å². The van der Waals surface area contributed by atoms with Crippen molar-refractivity contribution >= 4 is 21.8 Å². The molecule has 0 spiro atoms. The largest absolute Gasteiger partial charge is 0.496 e. The van der Waals surface area contributed by atoms with Gasteiger partial charge in [-0.15, -0.1) is 0 Å². The maximum atomic E-state index is 10.7. The van der Waals surface area contributed by atoms with Crippen molar-refractivity contribution in [3.05, 3.63) is 28.2 Å². The number of nitrogens with one attached hydrogen (secondary N) is 1. The quantitative estimate of drug-likeness (QED) is 0.822. The lowest BCUT2D eigenvalue weighted by atomic mass is 9.97. The number of rotatable bonds is 2. The number of ether oxygens (including phenoxy) is 1. The van der Waals surface area contributed by atoms with Crippen LogP contribution in [0.25, 0.3) is 0 Å². The molecule has 1 aliphatic rings. The zero-order valence-electron chi connectivity index (χ0n) is 7.71. The van der Waals surface area contributed by atoms with E-state index >= 15 is 0 Å². The van der Waals surface area contributed by atoms with Crippen molar-refractivity contribution in [3.63, 3.8) is 0 Å². The van der Waals surface area contributed by atoms with E-state index in [1.54, 1.807) is 7.11 Å². The minimum atomic E-state index is 0.113. The molecule has 74 valence electrons. The maximum Gasteiger partial charge on any atom is 0.222 e. The zero-order valence-corrected chi connectivity index (χ0v) is 9.30. The monoisotopic (exact) mass is 255 g/mol. The molecule has 1 aliphatic heterocycles. The fourth-order valence-electron chi connectivity index (χ4n) is 1.46. The van der Waals surface area contributed by atoms with Gasteiger partial charge in [0.05, 0.1) is 24.0 Å². The lowest BCUT2D eigenvalue weighted by Gasteiger charge is -2.27. The Bertz CT molecular complexity index is 370. The Labute approximate surface area is 90.6 Å². The maximum absolute atomic E-state index is 10.7. The number of β-lactam (4-membered cyclic amide) rings is 1. The molecule has 1 fully saturated rings. The van der Waals surface area contributed by atoms with Gasteiger partial charge in [0.25, 0.3) is 0 Å². The standard InChI is InChI=1S/C10H10BrNO2/c1-14-9-3-2-6(4-7(9)11)8-5-10(13)12-8/h2-4,8H,5H2,1H3,(H,12,13). The van der Waals surface area contributed by atoms with E-state index < -0.39 is 0 Å². The molecule has 1 unspecified atom stereocenters. The van der Waals surface area contributed by atoms with Crippen molar-refractivity contribution in [3.8, 4) is 5.75 Å². The Morgan fingerprint density at radius 3 is 2.79 bits per heavy atom. The molecule has 3 nitrogen and oxygen atoms in total. The summed E-state index contributed by atoms with van der Waals surface area (Å²) in [6, 6.07) is 6.00. The lowest BCUT2D eigenvalue weighted by Crippen LogP contribution is -2.41. The van der Waals surface area contributed by atoms with Crippen LogP contribution in [0.5, 0.6) is 5.75 Å². The Morgan fingerprint density at radius 2 is 2.29 bits per heavy atom. The summed E-state index contributed by atoms with van der Waals surface area (Å²) in [7, 11) is 1.63. The van der Waals surface area contributed by atoms with Gasteiger partial charge in [-0.1, -0.05) is 6.07 Å². The van der Waals surface area contributed by atoms with Crippen molar-refractivity contribution < 1.29 is 9.53 Å². The third kappa shape index (κ3) is 1.62. The fourth-order valence-corrected chi connectivity index (χ4v) is 2.02. The number of methoxy groups -OCH3 is 1. The van der Waals surface area contributed by atoms with Gasteiger partial charge in [-0.3, -0.25) is 4.79 Å². The SMILES string of the molecule is COc1ccc(C2CC(=O)N2)cc1Br. The van der Waals surface area contributed by atoms with Crippen LogP contribution in [0.2, 0.25) is 0 Å². The molecule has 0 radical (unpaired) electrons. The summed E-state index contributed by atoms with van der Waals surface area (Å²) in [5, 5.41) is 2.82. The highest BCUT2D eigenvalue weighted by Crippen LogP contribution is 2.31. The summed E-state index contributed by atoms with van der Waals surface area (Å²) >= 11 is 3.41. The Morgan fingerprint density at radius 1 is 1.57 bits per heavy atom. The lowest BCUT2D eigenvalue weighted by molar-refractivity contribution is -0.128.